The van der Waals surface area contributed by atoms with E-state index in [9.17, 15) is 0 Å². The third-order valence-electron chi connectivity index (χ3n) is 3.51. The molecule has 2 atom stereocenters. The van der Waals surface area contributed by atoms with Crippen molar-refractivity contribution in [1.29, 1.82) is 0 Å². The van der Waals surface area contributed by atoms with E-state index in [4.69, 9.17) is 10.2 Å². The zero-order valence-electron chi connectivity index (χ0n) is 10.5. The Balaban J connectivity index is 1.87. The number of nitrogens with two attached hydrogens (primary N) is 1. The summed E-state index contributed by atoms with van der Waals surface area (Å²) in [5.74, 6) is 3.77. The molecule has 3 nitrogen and oxygen atoms in total. The van der Waals surface area contributed by atoms with Crippen LogP contribution >= 0.6 is 0 Å². The summed E-state index contributed by atoms with van der Waals surface area (Å²) in [5.41, 5.74) is 6.77. The predicted octanol–water partition coefficient (Wildman–Crippen LogP) is 2.13. The van der Waals surface area contributed by atoms with Gasteiger partial charge >= 0.3 is 0 Å². The van der Waals surface area contributed by atoms with E-state index in [2.05, 4.69) is 31.9 Å². The van der Waals surface area contributed by atoms with Crippen LogP contribution < -0.4 is 5.73 Å². The Hall–Kier alpha value is -0.800. The van der Waals surface area contributed by atoms with Crippen LogP contribution in [0.2, 0.25) is 0 Å². The van der Waals surface area contributed by atoms with Gasteiger partial charge in [-0.3, -0.25) is 4.90 Å². The third kappa shape index (κ3) is 2.66. The van der Waals surface area contributed by atoms with Gasteiger partial charge in [-0.25, -0.2) is 0 Å². The second-order valence-electron chi connectivity index (χ2n) is 5.19. The number of nitrogens with zero attached hydrogens (tertiary/aromatic N) is 1. The molecule has 1 aliphatic rings. The smallest absolute Gasteiger partial charge is 0.120 e. The average molecular weight is 222 g/mol. The Kier molecular flexibility index (Phi) is 3.36. The molecular formula is C13H22N2O. The molecule has 1 aliphatic carbocycles. The first-order valence-electron chi connectivity index (χ1n) is 6.07. The number of aryl methyl sites for hydroxylation is 1. The van der Waals surface area contributed by atoms with Gasteiger partial charge in [0.1, 0.15) is 11.5 Å². The lowest BCUT2D eigenvalue weighted by Gasteiger charge is -2.14. The molecule has 0 aliphatic heterocycles. The molecule has 0 bridgehead atoms. The standard InChI is InChI=1S/C13H22N2O/c1-9-4-11(9)7-15(3)8-12-5-10(2)13(6-14)16-12/h5,9,11H,4,6-8,14H2,1-3H3. The van der Waals surface area contributed by atoms with Crippen molar-refractivity contribution in [2.24, 2.45) is 17.6 Å². The van der Waals surface area contributed by atoms with Crippen LogP contribution in [-0.4, -0.2) is 18.5 Å². The van der Waals surface area contributed by atoms with Crippen molar-refractivity contribution < 1.29 is 4.42 Å². The second-order valence-corrected chi connectivity index (χ2v) is 5.19. The molecule has 90 valence electrons. The van der Waals surface area contributed by atoms with Gasteiger partial charge in [0.2, 0.25) is 0 Å². The fourth-order valence-corrected chi connectivity index (χ4v) is 2.26. The van der Waals surface area contributed by atoms with Crippen LogP contribution in [0.4, 0.5) is 0 Å². The van der Waals surface area contributed by atoms with Crippen molar-refractivity contribution in [3.8, 4) is 0 Å². The molecule has 2 unspecified atom stereocenters. The molecule has 1 aromatic heterocycles. The molecule has 2 rings (SSSR count). The quantitative estimate of drug-likeness (QED) is 0.830. The molecule has 1 aromatic rings. The Morgan fingerprint density at radius 3 is 2.75 bits per heavy atom. The van der Waals surface area contributed by atoms with Gasteiger partial charge in [-0.15, -0.1) is 0 Å². The Labute approximate surface area is 97.6 Å². The molecule has 0 amide bonds. The van der Waals surface area contributed by atoms with Gasteiger partial charge in [0.25, 0.3) is 0 Å². The molecule has 16 heavy (non-hydrogen) atoms. The van der Waals surface area contributed by atoms with Gasteiger partial charge in [0.05, 0.1) is 13.1 Å². The minimum Gasteiger partial charge on any atom is -0.463 e. The van der Waals surface area contributed by atoms with Gasteiger partial charge in [-0.1, -0.05) is 6.92 Å². The molecular weight excluding hydrogens is 200 g/mol. The lowest BCUT2D eigenvalue weighted by atomic mass is 10.2. The summed E-state index contributed by atoms with van der Waals surface area (Å²) < 4.78 is 5.70. The predicted molar refractivity (Wildman–Crippen MR) is 64.9 cm³/mol. The number of furan rings is 1. The zero-order valence-corrected chi connectivity index (χ0v) is 10.5. The van der Waals surface area contributed by atoms with E-state index >= 15 is 0 Å². The number of hydrogen-bond donors (Lipinski definition) is 1. The summed E-state index contributed by atoms with van der Waals surface area (Å²) in [4.78, 5) is 2.34. The highest BCUT2D eigenvalue weighted by Gasteiger charge is 2.33. The Morgan fingerprint density at radius 2 is 2.25 bits per heavy atom. The summed E-state index contributed by atoms with van der Waals surface area (Å²) in [5, 5.41) is 0. The first-order valence-corrected chi connectivity index (χ1v) is 6.07. The zero-order chi connectivity index (χ0) is 11.7. The molecule has 1 fully saturated rings. The van der Waals surface area contributed by atoms with Gasteiger partial charge in [-0.05, 0) is 43.9 Å². The molecule has 0 aromatic carbocycles. The van der Waals surface area contributed by atoms with Crippen LogP contribution in [0.5, 0.6) is 0 Å². The van der Waals surface area contributed by atoms with E-state index in [0.29, 0.717) is 6.54 Å². The fraction of sp³-hybridized carbons (Fsp3) is 0.692. The highest BCUT2D eigenvalue weighted by atomic mass is 16.3. The van der Waals surface area contributed by atoms with Crippen molar-refractivity contribution in [2.45, 2.75) is 33.4 Å². The van der Waals surface area contributed by atoms with Crippen molar-refractivity contribution in [1.82, 2.24) is 4.90 Å². The van der Waals surface area contributed by atoms with Gasteiger partial charge in [0, 0.05) is 6.54 Å². The molecule has 0 spiro atoms. The molecule has 1 heterocycles. The Morgan fingerprint density at radius 1 is 1.56 bits per heavy atom. The van der Waals surface area contributed by atoms with Crippen LogP contribution in [0.25, 0.3) is 0 Å². The van der Waals surface area contributed by atoms with Crippen molar-refractivity contribution in [2.75, 3.05) is 13.6 Å². The van der Waals surface area contributed by atoms with E-state index in [-0.39, 0.29) is 0 Å². The Bertz CT molecular complexity index is 359. The maximum atomic E-state index is 5.70. The highest BCUT2D eigenvalue weighted by molar-refractivity contribution is 5.19. The summed E-state index contributed by atoms with van der Waals surface area (Å²) in [6.45, 7) is 6.94. The minimum atomic E-state index is 0.495. The largest absolute Gasteiger partial charge is 0.463 e. The van der Waals surface area contributed by atoms with Gasteiger partial charge < -0.3 is 10.2 Å². The first-order chi connectivity index (χ1) is 7.60. The molecule has 0 radical (unpaired) electrons. The third-order valence-corrected chi connectivity index (χ3v) is 3.51. The van der Waals surface area contributed by atoms with E-state index in [1.54, 1.807) is 0 Å². The molecule has 3 heteroatoms. The highest BCUT2D eigenvalue weighted by Crippen LogP contribution is 2.38. The van der Waals surface area contributed by atoms with Crippen LogP contribution in [0.15, 0.2) is 10.5 Å². The summed E-state index contributed by atoms with van der Waals surface area (Å²) in [6, 6.07) is 2.11. The number of rotatable bonds is 5. The number of hydrogen-bond acceptors (Lipinski definition) is 3. The molecule has 0 saturated heterocycles. The van der Waals surface area contributed by atoms with Crippen molar-refractivity contribution in [3.63, 3.8) is 0 Å². The van der Waals surface area contributed by atoms with Crippen molar-refractivity contribution in [3.05, 3.63) is 23.2 Å². The second kappa shape index (κ2) is 4.60. The normalized spacial score (nSPS) is 24.1. The van der Waals surface area contributed by atoms with Crippen LogP contribution in [0, 0.1) is 18.8 Å². The lowest BCUT2D eigenvalue weighted by Crippen LogP contribution is -2.20. The van der Waals surface area contributed by atoms with Gasteiger partial charge in [-0.2, -0.15) is 0 Å². The lowest BCUT2D eigenvalue weighted by molar-refractivity contribution is 0.276. The minimum absolute atomic E-state index is 0.495. The first kappa shape index (κ1) is 11.7. The van der Waals surface area contributed by atoms with Crippen molar-refractivity contribution >= 4 is 0 Å². The maximum Gasteiger partial charge on any atom is 0.120 e. The summed E-state index contributed by atoms with van der Waals surface area (Å²) >= 11 is 0. The fourth-order valence-electron chi connectivity index (χ4n) is 2.26. The molecule has 2 N–H and O–H groups in total. The van der Waals surface area contributed by atoms with Crippen LogP contribution in [-0.2, 0) is 13.1 Å². The molecule has 1 saturated carbocycles. The monoisotopic (exact) mass is 222 g/mol. The summed E-state index contributed by atoms with van der Waals surface area (Å²) in [7, 11) is 2.16. The van der Waals surface area contributed by atoms with Gasteiger partial charge in [0.15, 0.2) is 0 Å². The average Bonchev–Trinajstić information content (AvgIpc) is 2.75. The topological polar surface area (TPSA) is 42.4 Å². The van der Waals surface area contributed by atoms with E-state index in [1.165, 1.54) is 18.5 Å². The van der Waals surface area contributed by atoms with E-state index < -0.39 is 0 Å². The van der Waals surface area contributed by atoms with E-state index in [1.807, 2.05) is 0 Å². The SMILES string of the molecule is Cc1cc(CN(C)CC2CC2C)oc1CN. The van der Waals surface area contributed by atoms with Crippen LogP contribution in [0.3, 0.4) is 0 Å². The summed E-state index contributed by atoms with van der Waals surface area (Å²) in [6.07, 6.45) is 1.38. The maximum absolute atomic E-state index is 5.70. The van der Waals surface area contributed by atoms with Crippen LogP contribution in [0.1, 0.15) is 30.4 Å². The van der Waals surface area contributed by atoms with E-state index in [0.717, 1.165) is 29.9 Å².